The number of nitrogens with one attached hydrogen (secondary N) is 1. The Bertz CT molecular complexity index is 843. The molecular weight excluding hydrogens is 318 g/mol. The number of ether oxygens (including phenoxy) is 1. The molecule has 0 aliphatic rings. The number of hydrogen-bond donors (Lipinski definition) is 1. The van der Waals surface area contributed by atoms with E-state index in [9.17, 15) is 9.59 Å². The van der Waals surface area contributed by atoms with Crippen molar-refractivity contribution >= 4 is 17.6 Å². The molecule has 0 spiro atoms. The van der Waals surface area contributed by atoms with Crippen LogP contribution in [-0.2, 0) is 9.59 Å². The molecule has 0 saturated heterocycles. The monoisotopic (exact) mass is 335 g/mol. The highest BCUT2D eigenvalue weighted by Crippen LogP contribution is 2.22. The summed E-state index contributed by atoms with van der Waals surface area (Å²) in [5.74, 6) is -0.207. The van der Waals surface area contributed by atoms with Gasteiger partial charge in [0.15, 0.2) is 6.04 Å². The van der Waals surface area contributed by atoms with E-state index in [2.05, 4.69) is 10.4 Å². The van der Waals surface area contributed by atoms with Crippen LogP contribution in [0.15, 0.2) is 73.1 Å². The van der Waals surface area contributed by atoms with Crippen LogP contribution < -0.4 is 10.1 Å². The molecule has 2 aromatic carbocycles. The second-order valence-electron chi connectivity index (χ2n) is 5.43. The molecule has 0 bridgehead atoms. The first-order valence-electron chi connectivity index (χ1n) is 7.77. The largest absolute Gasteiger partial charge is 0.425 e. The summed E-state index contributed by atoms with van der Waals surface area (Å²) < 4.78 is 7.06. The molecule has 1 heterocycles. The Morgan fingerprint density at radius 3 is 2.36 bits per heavy atom. The van der Waals surface area contributed by atoms with Crippen molar-refractivity contribution in [1.29, 1.82) is 0 Å². The molecule has 3 aromatic rings. The van der Waals surface area contributed by atoms with Gasteiger partial charge in [-0.2, -0.15) is 5.10 Å². The molecule has 1 amide bonds. The molecule has 0 aliphatic heterocycles. The number of hydrogen-bond acceptors (Lipinski definition) is 4. The van der Waals surface area contributed by atoms with Crippen LogP contribution in [0.25, 0.3) is 0 Å². The Kier molecular flexibility index (Phi) is 4.89. The minimum atomic E-state index is -0.675. The number of amides is 1. The predicted octanol–water partition coefficient (Wildman–Crippen LogP) is 3.04. The summed E-state index contributed by atoms with van der Waals surface area (Å²) >= 11 is 0. The van der Waals surface area contributed by atoms with E-state index in [0.29, 0.717) is 11.4 Å². The van der Waals surface area contributed by atoms with Gasteiger partial charge in [0.25, 0.3) is 0 Å². The van der Waals surface area contributed by atoms with Gasteiger partial charge in [-0.1, -0.05) is 30.3 Å². The molecule has 1 aromatic heterocycles. The fourth-order valence-electron chi connectivity index (χ4n) is 2.45. The minimum Gasteiger partial charge on any atom is -0.425 e. The van der Waals surface area contributed by atoms with Crippen LogP contribution >= 0.6 is 0 Å². The van der Waals surface area contributed by atoms with Crippen molar-refractivity contribution in [2.24, 2.45) is 0 Å². The van der Waals surface area contributed by atoms with Crippen molar-refractivity contribution < 1.29 is 14.3 Å². The summed E-state index contributed by atoms with van der Waals surface area (Å²) in [6.45, 7) is 1.43. The molecule has 0 unspecified atom stereocenters. The highest BCUT2D eigenvalue weighted by molar-refractivity contribution is 5.88. The lowest BCUT2D eigenvalue weighted by atomic mass is 10.1. The zero-order valence-corrected chi connectivity index (χ0v) is 13.6. The molecule has 6 nitrogen and oxygen atoms in total. The third-order valence-corrected chi connectivity index (χ3v) is 3.52. The highest BCUT2D eigenvalue weighted by Gasteiger charge is 2.25. The van der Waals surface area contributed by atoms with E-state index in [1.807, 2.05) is 30.3 Å². The van der Waals surface area contributed by atoms with Gasteiger partial charge in [0.2, 0.25) is 5.91 Å². The molecule has 25 heavy (non-hydrogen) atoms. The maximum absolute atomic E-state index is 12.7. The number of aromatic nitrogens is 2. The summed E-state index contributed by atoms with van der Waals surface area (Å²) in [6, 6.07) is 17.0. The highest BCUT2D eigenvalue weighted by atomic mass is 16.5. The summed E-state index contributed by atoms with van der Waals surface area (Å²) in [5, 5.41) is 6.83. The summed E-state index contributed by atoms with van der Waals surface area (Å²) in [4.78, 5) is 23.8. The number of carbonyl (C=O) groups is 2. The fraction of sp³-hybridized carbons (Fsp3) is 0.105. The maximum Gasteiger partial charge on any atom is 0.340 e. The Morgan fingerprint density at radius 2 is 1.76 bits per heavy atom. The number of rotatable bonds is 5. The van der Waals surface area contributed by atoms with E-state index >= 15 is 0 Å². The average Bonchev–Trinajstić information content (AvgIpc) is 3.11. The van der Waals surface area contributed by atoms with Crippen LogP contribution in [0.1, 0.15) is 18.5 Å². The van der Waals surface area contributed by atoms with Crippen molar-refractivity contribution in [3.8, 4) is 5.75 Å². The van der Waals surface area contributed by atoms with Crippen molar-refractivity contribution in [2.45, 2.75) is 13.0 Å². The minimum absolute atomic E-state index is 0.160. The Hall–Kier alpha value is -3.41. The van der Waals surface area contributed by atoms with Gasteiger partial charge in [-0.3, -0.25) is 9.48 Å². The molecule has 0 aliphatic carbocycles. The van der Waals surface area contributed by atoms with Crippen molar-refractivity contribution in [2.75, 3.05) is 5.32 Å². The van der Waals surface area contributed by atoms with Crippen LogP contribution in [-0.4, -0.2) is 21.7 Å². The molecule has 1 N–H and O–H groups in total. The van der Waals surface area contributed by atoms with Crippen LogP contribution in [0, 0.1) is 0 Å². The lowest BCUT2D eigenvalue weighted by Crippen LogP contribution is -2.25. The second kappa shape index (κ2) is 7.44. The van der Waals surface area contributed by atoms with E-state index in [4.69, 9.17) is 4.74 Å². The Morgan fingerprint density at radius 1 is 1.04 bits per heavy atom. The molecule has 6 heteroatoms. The second-order valence-corrected chi connectivity index (χ2v) is 5.43. The van der Waals surface area contributed by atoms with E-state index < -0.39 is 12.0 Å². The van der Waals surface area contributed by atoms with Crippen LogP contribution in [0.4, 0.5) is 5.69 Å². The van der Waals surface area contributed by atoms with Gasteiger partial charge in [-0.15, -0.1) is 0 Å². The van der Waals surface area contributed by atoms with Gasteiger partial charge in [-0.05, 0) is 35.9 Å². The van der Waals surface area contributed by atoms with Gasteiger partial charge in [0.1, 0.15) is 5.75 Å². The van der Waals surface area contributed by atoms with E-state index in [1.165, 1.54) is 6.92 Å². The number of benzene rings is 2. The Balaban J connectivity index is 1.80. The fourth-order valence-corrected chi connectivity index (χ4v) is 2.45. The molecule has 3 rings (SSSR count). The molecule has 126 valence electrons. The summed E-state index contributed by atoms with van der Waals surface area (Å²) in [6.07, 6.45) is 3.34. The molecule has 1 atom stereocenters. The van der Waals surface area contributed by atoms with Crippen LogP contribution in [0.2, 0.25) is 0 Å². The third-order valence-electron chi connectivity index (χ3n) is 3.52. The average molecular weight is 335 g/mol. The van der Waals surface area contributed by atoms with Gasteiger partial charge in [-0.25, -0.2) is 4.79 Å². The topological polar surface area (TPSA) is 73.2 Å². The molecule has 0 saturated carbocycles. The van der Waals surface area contributed by atoms with Crippen molar-refractivity contribution in [1.82, 2.24) is 9.78 Å². The summed E-state index contributed by atoms with van der Waals surface area (Å²) in [5.41, 5.74) is 1.42. The quantitative estimate of drug-likeness (QED) is 0.574. The molecule has 0 radical (unpaired) electrons. The predicted molar refractivity (Wildman–Crippen MR) is 93.2 cm³/mol. The first-order valence-corrected chi connectivity index (χ1v) is 7.77. The zero-order chi connectivity index (χ0) is 17.6. The van der Waals surface area contributed by atoms with Crippen LogP contribution in [0.5, 0.6) is 5.75 Å². The third kappa shape index (κ3) is 4.11. The first kappa shape index (κ1) is 16.4. The number of anilines is 1. The van der Waals surface area contributed by atoms with Gasteiger partial charge in [0, 0.05) is 25.0 Å². The van der Waals surface area contributed by atoms with E-state index in [-0.39, 0.29) is 5.91 Å². The molecule has 0 fully saturated rings. The van der Waals surface area contributed by atoms with E-state index in [1.54, 1.807) is 47.4 Å². The van der Waals surface area contributed by atoms with E-state index in [0.717, 1.165) is 5.56 Å². The number of nitrogens with zero attached hydrogens (tertiary/aromatic N) is 2. The van der Waals surface area contributed by atoms with Crippen LogP contribution in [0.3, 0.4) is 0 Å². The van der Waals surface area contributed by atoms with Crippen molar-refractivity contribution in [3.63, 3.8) is 0 Å². The lowest BCUT2D eigenvalue weighted by Gasteiger charge is -2.17. The number of carbonyl (C=O) groups excluding carboxylic acids is 2. The molecular formula is C19H17N3O3. The first-order chi connectivity index (χ1) is 12.1. The smallest absolute Gasteiger partial charge is 0.340 e. The lowest BCUT2D eigenvalue weighted by molar-refractivity contribution is -0.137. The van der Waals surface area contributed by atoms with Gasteiger partial charge in [0.05, 0.1) is 0 Å². The van der Waals surface area contributed by atoms with Gasteiger partial charge < -0.3 is 10.1 Å². The standard InChI is InChI=1S/C19H17N3O3/c1-14(23)21-16-8-10-17(11-9-16)25-19(24)18(22-13-5-12-20-22)15-6-3-2-4-7-15/h2-13,18H,1H3,(H,21,23)/t18-/m0/s1. The Labute approximate surface area is 145 Å². The normalized spacial score (nSPS) is 11.6. The van der Waals surface area contributed by atoms with Gasteiger partial charge >= 0.3 is 5.97 Å². The van der Waals surface area contributed by atoms with Crippen molar-refractivity contribution in [3.05, 3.63) is 78.6 Å². The summed E-state index contributed by atoms with van der Waals surface area (Å²) in [7, 11) is 0. The zero-order valence-electron chi connectivity index (χ0n) is 13.6. The maximum atomic E-state index is 12.7. The number of esters is 1. The SMILES string of the molecule is CC(=O)Nc1ccc(OC(=O)[C@H](c2ccccc2)n2cccn2)cc1.